The van der Waals surface area contributed by atoms with E-state index in [2.05, 4.69) is 0 Å². The van der Waals surface area contributed by atoms with E-state index in [0.717, 1.165) is 6.07 Å². The van der Waals surface area contributed by atoms with Crippen LogP contribution < -0.4 is 0 Å². The molecule has 4 nitrogen and oxygen atoms in total. The molecule has 1 aliphatic heterocycles. The molecule has 1 saturated heterocycles. The standard InChI is InChI=1S/C18H20F5NO3/c1-15(2,3)27-14(25)24-8-16(9-24)6-17(26,7-16)10-4-5-11(19)13(20)12(10)18(21,22)23/h4-5,26H,6-9H2,1-3H3. The Morgan fingerprint density at radius 2 is 1.70 bits per heavy atom. The second kappa shape index (κ2) is 5.80. The van der Waals surface area contributed by atoms with Crippen LogP contribution in [0, 0.1) is 17.0 Å². The summed E-state index contributed by atoms with van der Waals surface area (Å²) in [4.78, 5) is 13.4. The second-order valence-electron chi connectivity index (χ2n) is 8.50. The highest BCUT2D eigenvalue weighted by Gasteiger charge is 2.63. The molecule has 1 amide bonds. The zero-order chi connectivity index (χ0) is 20.4. The molecule has 3 rings (SSSR count). The monoisotopic (exact) mass is 393 g/mol. The Balaban J connectivity index is 1.75. The molecular formula is C18H20F5NO3. The van der Waals surface area contributed by atoms with E-state index < -0.39 is 51.6 Å². The first-order valence-corrected chi connectivity index (χ1v) is 8.42. The summed E-state index contributed by atoms with van der Waals surface area (Å²) in [5.41, 5.74) is -5.58. The molecule has 1 aliphatic carbocycles. The molecule has 2 fully saturated rings. The number of nitrogens with zero attached hydrogens (tertiary/aromatic N) is 1. The first-order valence-electron chi connectivity index (χ1n) is 8.42. The lowest BCUT2D eigenvalue weighted by Gasteiger charge is -2.62. The van der Waals surface area contributed by atoms with Crippen molar-refractivity contribution in [3.05, 3.63) is 34.9 Å². The maximum absolute atomic E-state index is 13.8. The van der Waals surface area contributed by atoms with E-state index in [4.69, 9.17) is 4.74 Å². The minimum atomic E-state index is -5.14. The summed E-state index contributed by atoms with van der Waals surface area (Å²) < 4.78 is 71.9. The van der Waals surface area contributed by atoms with Gasteiger partial charge in [-0.2, -0.15) is 13.2 Å². The number of ether oxygens (including phenoxy) is 1. The largest absolute Gasteiger partial charge is 0.444 e. The lowest BCUT2D eigenvalue weighted by molar-refractivity contribution is -0.196. The van der Waals surface area contributed by atoms with E-state index >= 15 is 0 Å². The SMILES string of the molecule is CC(C)(C)OC(=O)N1CC2(C1)CC(O)(c1ccc(F)c(F)c1C(F)(F)F)C2. The van der Waals surface area contributed by atoms with Crippen LogP contribution in [0.2, 0.25) is 0 Å². The van der Waals surface area contributed by atoms with Crippen LogP contribution in [-0.2, 0) is 16.5 Å². The third-order valence-electron chi connectivity index (χ3n) is 4.92. The summed E-state index contributed by atoms with van der Waals surface area (Å²) in [7, 11) is 0. The number of hydrogen-bond donors (Lipinski definition) is 1. The Bertz CT molecular complexity index is 770. The molecule has 27 heavy (non-hydrogen) atoms. The summed E-state index contributed by atoms with van der Waals surface area (Å²) in [5, 5.41) is 10.6. The van der Waals surface area contributed by atoms with E-state index in [1.54, 1.807) is 20.8 Å². The van der Waals surface area contributed by atoms with Crippen molar-refractivity contribution in [1.82, 2.24) is 4.90 Å². The fourth-order valence-corrected chi connectivity index (χ4v) is 4.04. The summed E-state index contributed by atoms with van der Waals surface area (Å²) >= 11 is 0. The molecule has 1 saturated carbocycles. The molecule has 1 N–H and O–H groups in total. The first-order chi connectivity index (χ1) is 12.2. The quantitative estimate of drug-likeness (QED) is 0.728. The molecule has 0 unspecified atom stereocenters. The highest BCUT2D eigenvalue weighted by molar-refractivity contribution is 5.69. The average molecular weight is 393 g/mol. The highest BCUT2D eigenvalue weighted by atomic mass is 19.4. The summed E-state index contributed by atoms with van der Waals surface area (Å²) in [6, 6.07) is 1.36. The lowest BCUT2D eigenvalue weighted by Crippen LogP contribution is -2.68. The molecule has 1 spiro atoms. The Hall–Kier alpha value is -1.90. The van der Waals surface area contributed by atoms with Crippen LogP contribution in [0.15, 0.2) is 12.1 Å². The van der Waals surface area contributed by atoms with Crippen molar-refractivity contribution < 1.29 is 36.6 Å². The number of halogens is 5. The van der Waals surface area contributed by atoms with Gasteiger partial charge in [-0.3, -0.25) is 0 Å². The molecule has 9 heteroatoms. The number of aliphatic hydroxyl groups is 1. The summed E-state index contributed by atoms with van der Waals surface area (Å²) in [5.74, 6) is -3.64. The molecule has 0 radical (unpaired) electrons. The van der Waals surface area contributed by atoms with Crippen LogP contribution in [0.3, 0.4) is 0 Å². The Kier molecular flexibility index (Phi) is 4.26. The van der Waals surface area contributed by atoms with Crippen molar-refractivity contribution in [3.8, 4) is 0 Å². The minimum Gasteiger partial charge on any atom is -0.444 e. The van der Waals surface area contributed by atoms with Crippen molar-refractivity contribution in [2.75, 3.05) is 13.1 Å². The molecule has 2 aliphatic rings. The predicted octanol–water partition coefficient (Wildman–Crippen LogP) is 4.20. The highest BCUT2D eigenvalue weighted by Crippen LogP contribution is 2.60. The summed E-state index contributed by atoms with van der Waals surface area (Å²) in [6.45, 7) is 5.60. The molecule has 150 valence electrons. The van der Waals surface area contributed by atoms with Crippen molar-refractivity contribution in [2.45, 2.75) is 51.0 Å². The fourth-order valence-electron chi connectivity index (χ4n) is 4.04. The number of amides is 1. The van der Waals surface area contributed by atoms with Gasteiger partial charge in [-0.05, 0) is 45.2 Å². The maximum Gasteiger partial charge on any atom is 0.419 e. The van der Waals surface area contributed by atoms with Gasteiger partial charge >= 0.3 is 12.3 Å². The number of carbonyl (C=O) groups excluding carboxylic acids is 1. The third kappa shape index (κ3) is 3.49. The normalized spacial score (nSPS) is 20.9. The molecule has 0 aromatic heterocycles. The van der Waals surface area contributed by atoms with Crippen molar-refractivity contribution in [2.24, 2.45) is 5.41 Å². The van der Waals surface area contributed by atoms with E-state index in [0.29, 0.717) is 6.07 Å². The van der Waals surface area contributed by atoms with Gasteiger partial charge in [0.1, 0.15) is 11.2 Å². The molecule has 0 bridgehead atoms. The number of rotatable bonds is 1. The van der Waals surface area contributed by atoms with Gasteiger partial charge in [-0.25, -0.2) is 13.6 Å². The van der Waals surface area contributed by atoms with Gasteiger partial charge in [0.15, 0.2) is 11.6 Å². The van der Waals surface area contributed by atoms with E-state index in [1.165, 1.54) is 4.90 Å². The molecule has 1 heterocycles. The zero-order valence-electron chi connectivity index (χ0n) is 15.1. The Morgan fingerprint density at radius 1 is 1.15 bits per heavy atom. The van der Waals surface area contributed by atoms with E-state index in [1.807, 2.05) is 0 Å². The smallest absolute Gasteiger partial charge is 0.419 e. The number of benzene rings is 1. The second-order valence-corrected chi connectivity index (χ2v) is 8.50. The Labute approximate surface area is 152 Å². The molecular weight excluding hydrogens is 373 g/mol. The molecule has 1 aromatic carbocycles. The third-order valence-corrected chi connectivity index (χ3v) is 4.92. The molecule has 1 aromatic rings. The van der Waals surface area contributed by atoms with Crippen LogP contribution in [0.4, 0.5) is 26.7 Å². The van der Waals surface area contributed by atoms with Crippen LogP contribution in [0.5, 0.6) is 0 Å². The van der Waals surface area contributed by atoms with Crippen molar-refractivity contribution in [1.29, 1.82) is 0 Å². The number of alkyl halides is 3. The topological polar surface area (TPSA) is 49.8 Å². The molecule has 0 atom stereocenters. The van der Waals surface area contributed by atoms with E-state index in [-0.39, 0.29) is 25.9 Å². The van der Waals surface area contributed by atoms with Gasteiger partial charge in [-0.1, -0.05) is 6.07 Å². The number of likely N-dealkylation sites (tertiary alicyclic amines) is 1. The van der Waals surface area contributed by atoms with Crippen LogP contribution in [-0.4, -0.2) is 34.8 Å². The van der Waals surface area contributed by atoms with Crippen LogP contribution in [0.25, 0.3) is 0 Å². The van der Waals surface area contributed by atoms with Crippen molar-refractivity contribution in [3.63, 3.8) is 0 Å². The maximum atomic E-state index is 13.8. The minimum absolute atomic E-state index is 0.0759. The number of carbonyl (C=O) groups is 1. The van der Waals surface area contributed by atoms with E-state index in [9.17, 15) is 31.9 Å². The van der Waals surface area contributed by atoms with Gasteiger partial charge in [0.05, 0.1) is 5.60 Å². The van der Waals surface area contributed by atoms with Crippen LogP contribution >= 0.6 is 0 Å². The average Bonchev–Trinajstić information content (AvgIpc) is 2.40. The van der Waals surface area contributed by atoms with Gasteiger partial charge in [0.2, 0.25) is 0 Å². The fraction of sp³-hybridized carbons (Fsp3) is 0.611. The van der Waals surface area contributed by atoms with Gasteiger partial charge < -0.3 is 14.7 Å². The zero-order valence-corrected chi connectivity index (χ0v) is 15.1. The van der Waals surface area contributed by atoms with Gasteiger partial charge in [-0.15, -0.1) is 0 Å². The predicted molar refractivity (Wildman–Crippen MR) is 84.7 cm³/mol. The van der Waals surface area contributed by atoms with Crippen LogP contribution in [0.1, 0.15) is 44.7 Å². The lowest BCUT2D eigenvalue weighted by atomic mass is 9.53. The van der Waals surface area contributed by atoms with Gasteiger partial charge in [0.25, 0.3) is 0 Å². The Morgan fingerprint density at radius 3 is 2.19 bits per heavy atom. The van der Waals surface area contributed by atoms with Crippen molar-refractivity contribution >= 4 is 6.09 Å². The number of hydrogen-bond acceptors (Lipinski definition) is 3. The first kappa shape index (κ1) is 19.9. The summed E-state index contributed by atoms with van der Waals surface area (Å²) in [6.07, 6.45) is -5.82. The van der Waals surface area contributed by atoms with Gasteiger partial charge in [0, 0.05) is 18.5 Å².